The lowest BCUT2D eigenvalue weighted by atomic mass is 10.1. The van der Waals surface area contributed by atoms with Gasteiger partial charge in [-0.25, -0.2) is 9.97 Å². The average molecular weight is 318 g/mol. The van der Waals surface area contributed by atoms with E-state index in [1.165, 1.54) is 0 Å². The molecule has 106 valence electrons. The summed E-state index contributed by atoms with van der Waals surface area (Å²) in [6.07, 6.45) is 2.54. The van der Waals surface area contributed by atoms with Crippen LogP contribution in [0.15, 0.2) is 30.5 Å². The highest BCUT2D eigenvalue weighted by molar-refractivity contribution is 6.35. The first-order valence-corrected chi connectivity index (χ1v) is 7.44. The molecule has 0 atom stereocenters. The van der Waals surface area contributed by atoms with Crippen molar-refractivity contribution in [2.45, 2.75) is 20.3 Å². The zero-order chi connectivity index (χ0) is 15.0. The minimum absolute atomic E-state index is 0.482. The molecule has 0 unspecified atom stereocenters. The van der Waals surface area contributed by atoms with Crippen LogP contribution < -0.4 is 0 Å². The van der Waals surface area contributed by atoms with Crippen molar-refractivity contribution in [3.05, 3.63) is 51.9 Å². The summed E-state index contributed by atoms with van der Waals surface area (Å²) in [6.45, 7) is 3.98. The Kier molecular flexibility index (Phi) is 3.79. The molecule has 3 aromatic rings. The zero-order valence-corrected chi connectivity index (χ0v) is 13.2. The monoisotopic (exact) mass is 317 g/mol. The fourth-order valence-corrected chi connectivity index (χ4v) is 2.72. The molecule has 3 rings (SSSR count). The average Bonchev–Trinajstić information content (AvgIpc) is 2.51. The molecule has 3 nitrogen and oxygen atoms in total. The fourth-order valence-electron chi connectivity index (χ4n) is 2.32. The van der Waals surface area contributed by atoms with Crippen LogP contribution in [0.1, 0.15) is 18.2 Å². The van der Waals surface area contributed by atoms with Crippen molar-refractivity contribution in [1.82, 2.24) is 15.0 Å². The lowest BCUT2D eigenvalue weighted by Gasteiger charge is -2.10. The van der Waals surface area contributed by atoms with E-state index in [1.54, 1.807) is 6.20 Å². The number of hydrogen-bond donors (Lipinski definition) is 0. The van der Waals surface area contributed by atoms with E-state index in [1.807, 2.05) is 38.1 Å². The quantitative estimate of drug-likeness (QED) is 0.633. The number of nitrogens with zero attached hydrogens (tertiary/aromatic N) is 3. The van der Waals surface area contributed by atoms with E-state index in [0.29, 0.717) is 16.0 Å². The van der Waals surface area contributed by atoms with Crippen molar-refractivity contribution in [2.75, 3.05) is 0 Å². The molecule has 2 aromatic heterocycles. The number of pyridine rings is 1. The third-order valence-electron chi connectivity index (χ3n) is 3.48. The first-order valence-electron chi connectivity index (χ1n) is 6.68. The minimum Gasteiger partial charge on any atom is -0.255 e. The molecule has 0 aliphatic carbocycles. The van der Waals surface area contributed by atoms with Crippen LogP contribution >= 0.6 is 23.2 Å². The molecule has 2 heterocycles. The van der Waals surface area contributed by atoms with Crippen LogP contribution in [-0.4, -0.2) is 15.0 Å². The van der Waals surface area contributed by atoms with Crippen LogP contribution in [0.25, 0.3) is 22.3 Å². The van der Waals surface area contributed by atoms with Gasteiger partial charge in [0.1, 0.15) is 5.15 Å². The van der Waals surface area contributed by atoms with E-state index < -0.39 is 0 Å². The van der Waals surface area contributed by atoms with E-state index in [2.05, 4.69) is 15.0 Å². The van der Waals surface area contributed by atoms with Crippen molar-refractivity contribution in [3.8, 4) is 11.4 Å². The lowest BCUT2D eigenvalue weighted by Crippen LogP contribution is -2.00. The highest BCUT2D eigenvalue weighted by atomic mass is 35.5. The summed E-state index contributed by atoms with van der Waals surface area (Å²) < 4.78 is 0. The normalized spacial score (nSPS) is 11.0. The van der Waals surface area contributed by atoms with Gasteiger partial charge in [0, 0.05) is 28.4 Å². The summed E-state index contributed by atoms with van der Waals surface area (Å²) in [6, 6.07) is 7.52. The summed E-state index contributed by atoms with van der Waals surface area (Å²) in [5, 5.41) is 2.03. The Bertz CT molecular complexity index is 831. The van der Waals surface area contributed by atoms with Crippen LogP contribution in [0.2, 0.25) is 10.2 Å². The van der Waals surface area contributed by atoms with Gasteiger partial charge in [-0.1, -0.05) is 30.1 Å². The van der Waals surface area contributed by atoms with E-state index >= 15 is 0 Å². The molecule has 0 saturated carbocycles. The Morgan fingerprint density at radius 3 is 2.67 bits per heavy atom. The number of hydrogen-bond acceptors (Lipinski definition) is 3. The highest BCUT2D eigenvalue weighted by Gasteiger charge is 2.14. The zero-order valence-electron chi connectivity index (χ0n) is 11.7. The number of benzene rings is 1. The maximum Gasteiger partial charge on any atom is 0.163 e. The summed E-state index contributed by atoms with van der Waals surface area (Å²) in [7, 11) is 0. The van der Waals surface area contributed by atoms with Gasteiger partial charge in [-0.2, -0.15) is 0 Å². The summed E-state index contributed by atoms with van der Waals surface area (Å²) in [5.74, 6) is 0.586. The summed E-state index contributed by atoms with van der Waals surface area (Å²) in [5.41, 5.74) is 3.50. The number of halogens is 2. The minimum atomic E-state index is 0.482. The molecule has 0 amide bonds. The van der Waals surface area contributed by atoms with Crippen molar-refractivity contribution in [1.29, 1.82) is 0 Å². The van der Waals surface area contributed by atoms with Crippen LogP contribution in [0.3, 0.4) is 0 Å². The van der Waals surface area contributed by atoms with Gasteiger partial charge >= 0.3 is 0 Å². The Labute approximate surface area is 133 Å². The Balaban J connectivity index is 2.31. The molecule has 0 bridgehead atoms. The molecule has 0 saturated heterocycles. The molecule has 0 radical (unpaired) electrons. The number of fused-ring (bicyclic) bond motifs is 1. The molecule has 0 aliphatic heterocycles. The van der Waals surface area contributed by atoms with Gasteiger partial charge < -0.3 is 0 Å². The molecule has 0 N–H and O–H groups in total. The van der Waals surface area contributed by atoms with Gasteiger partial charge in [0.2, 0.25) is 0 Å². The van der Waals surface area contributed by atoms with E-state index in [-0.39, 0.29) is 0 Å². The van der Waals surface area contributed by atoms with Crippen LogP contribution in [0.5, 0.6) is 0 Å². The highest BCUT2D eigenvalue weighted by Crippen LogP contribution is 2.31. The first-order chi connectivity index (χ1) is 10.1. The van der Waals surface area contributed by atoms with Gasteiger partial charge in [0.15, 0.2) is 5.82 Å². The van der Waals surface area contributed by atoms with Crippen LogP contribution in [0, 0.1) is 6.92 Å². The number of aryl methyl sites for hydroxylation is 1. The Hall–Kier alpha value is -1.71. The van der Waals surface area contributed by atoms with Gasteiger partial charge in [-0.05, 0) is 37.6 Å². The predicted octanol–water partition coefficient (Wildman–Crippen LogP) is 4.87. The molecule has 0 spiro atoms. The third-order valence-corrected chi connectivity index (χ3v) is 4.18. The van der Waals surface area contributed by atoms with Gasteiger partial charge in [-0.3, -0.25) is 4.98 Å². The molecular weight excluding hydrogens is 305 g/mol. The molecule has 1 aromatic carbocycles. The lowest BCUT2D eigenvalue weighted by molar-refractivity contribution is 0.977. The SMILES string of the molecule is CCc1nc(-c2ccc(Cl)c3cccnc23)nc(Cl)c1C. The van der Waals surface area contributed by atoms with Crippen molar-refractivity contribution in [3.63, 3.8) is 0 Å². The predicted molar refractivity (Wildman–Crippen MR) is 86.9 cm³/mol. The Morgan fingerprint density at radius 2 is 1.90 bits per heavy atom. The van der Waals surface area contributed by atoms with Gasteiger partial charge in [0.05, 0.1) is 10.5 Å². The Morgan fingerprint density at radius 1 is 1.10 bits per heavy atom. The van der Waals surface area contributed by atoms with Crippen LogP contribution in [-0.2, 0) is 6.42 Å². The molecule has 0 fully saturated rings. The largest absolute Gasteiger partial charge is 0.255 e. The third kappa shape index (κ3) is 2.47. The molecular formula is C16H13Cl2N3. The number of aromatic nitrogens is 3. The maximum absolute atomic E-state index is 6.23. The fraction of sp³-hybridized carbons (Fsp3) is 0.188. The van der Waals surface area contributed by atoms with Gasteiger partial charge in [-0.15, -0.1) is 0 Å². The smallest absolute Gasteiger partial charge is 0.163 e. The standard InChI is InChI=1S/C16H13Cl2N3/c1-3-13-9(2)15(18)21-16(20-13)11-6-7-12(17)10-5-4-8-19-14(10)11/h4-8H,3H2,1-2H3. The molecule has 5 heteroatoms. The van der Waals surface area contributed by atoms with Crippen molar-refractivity contribution >= 4 is 34.1 Å². The summed E-state index contributed by atoms with van der Waals surface area (Å²) >= 11 is 12.5. The second-order valence-electron chi connectivity index (χ2n) is 4.76. The van der Waals surface area contributed by atoms with Crippen molar-refractivity contribution in [2.24, 2.45) is 0 Å². The van der Waals surface area contributed by atoms with Crippen molar-refractivity contribution < 1.29 is 0 Å². The topological polar surface area (TPSA) is 38.7 Å². The summed E-state index contributed by atoms with van der Waals surface area (Å²) in [4.78, 5) is 13.4. The second-order valence-corrected chi connectivity index (χ2v) is 5.52. The van der Waals surface area contributed by atoms with Crippen LogP contribution in [0.4, 0.5) is 0 Å². The molecule has 21 heavy (non-hydrogen) atoms. The second kappa shape index (κ2) is 5.58. The van der Waals surface area contributed by atoms with E-state index in [0.717, 1.165) is 34.1 Å². The molecule has 0 aliphatic rings. The maximum atomic E-state index is 6.23. The van der Waals surface area contributed by atoms with E-state index in [4.69, 9.17) is 23.2 Å². The van der Waals surface area contributed by atoms with E-state index in [9.17, 15) is 0 Å². The van der Waals surface area contributed by atoms with Gasteiger partial charge in [0.25, 0.3) is 0 Å². The number of rotatable bonds is 2. The first kappa shape index (κ1) is 14.2.